The van der Waals surface area contributed by atoms with Gasteiger partial charge in [0, 0.05) is 20.0 Å². The Morgan fingerprint density at radius 2 is 1.47 bits per heavy atom. The molecule has 1 atom stereocenters. The molecule has 0 saturated heterocycles. The number of amides is 1. The number of nitrogens with one attached hydrogen (secondary N) is 1. The first-order chi connectivity index (χ1) is 16.5. The number of fused-ring (bicyclic) bond motifs is 1. The van der Waals surface area contributed by atoms with Crippen LogP contribution < -0.4 is 20.5 Å². The van der Waals surface area contributed by atoms with E-state index < -0.39 is 0 Å². The lowest BCUT2D eigenvalue weighted by Gasteiger charge is -2.20. The number of methoxy groups -OCH3 is 2. The zero-order valence-electron chi connectivity index (χ0n) is 19.7. The highest BCUT2D eigenvalue weighted by molar-refractivity contribution is 5.78. The molecule has 1 N–H and O–H groups in total. The van der Waals surface area contributed by atoms with Crippen LogP contribution in [0.2, 0.25) is 0 Å². The molecule has 0 radical (unpaired) electrons. The van der Waals surface area contributed by atoms with Crippen molar-refractivity contribution in [2.75, 3.05) is 14.2 Å². The van der Waals surface area contributed by atoms with Crippen LogP contribution in [0.15, 0.2) is 77.6 Å². The van der Waals surface area contributed by atoms with Gasteiger partial charge < -0.3 is 14.8 Å². The third-order valence-corrected chi connectivity index (χ3v) is 6.07. The number of carbonyl (C=O) groups excluding carboxylic acids is 1. The molecule has 0 aliphatic rings. The van der Waals surface area contributed by atoms with Gasteiger partial charge in [-0.2, -0.15) is 0 Å². The Hall–Kier alpha value is -4.00. The average Bonchev–Trinajstić information content (AvgIpc) is 3.12. The third kappa shape index (κ3) is 4.98. The van der Waals surface area contributed by atoms with Crippen LogP contribution in [0.1, 0.15) is 23.6 Å². The lowest BCUT2D eigenvalue weighted by molar-refractivity contribution is -0.122. The van der Waals surface area contributed by atoms with E-state index >= 15 is 0 Å². The minimum Gasteiger partial charge on any atom is -0.497 e. The van der Waals surface area contributed by atoms with Crippen LogP contribution in [-0.2, 0) is 24.8 Å². The Kier molecular flexibility index (Phi) is 7.01. The summed E-state index contributed by atoms with van der Waals surface area (Å²) in [5.74, 6) is 1.43. The lowest BCUT2D eigenvalue weighted by Crippen LogP contribution is -2.32. The van der Waals surface area contributed by atoms with Gasteiger partial charge in [-0.15, -0.1) is 0 Å². The van der Waals surface area contributed by atoms with Gasteiger partial charge in [0.15, 0.2) is 0 Å². The maximum atomic E-state index is 13.0. The van der Waals surface area contributed by atoms with Crippen molar-refractivity contribution < 1.29 is 14.3 Å². The van der Waals surface area contributed by atoms with E-state index in [1.807, 2.05) is 72.8 Å². The van der Waals surface area contributed by atoms with Crippen LogP contribution in [0.4, 0.5) is 0 Å². The molecule has 0 saturated carbocycles. The van der Waals surface area contributed by atoms with E-state index in [1.54, 1.807) is 30.4 Å². The highest BCUT2D eigenvalue weighted by Crippen LogP contribution is 2.23. The smallest absolute Gasteiger partial charge is 0.328 e. The third-order valence-electron chi connectivity index (χ3n) is 6.07. The molecule has 1 amide bonds. The fraction of sp³-hybridized carbons (Fsp3) is 0.259. The number of aryl methyl sites for hydroxylation is 2. The van der Waals surface area contributed by atoms with Gasteiger partial charge in [0.25, 0.3) is 0 Å². The molecule has 0 fully saturated rings. The number of carbonyl (C=O) groups is 1. The number of nitrogens with zero attached hydrogens (tertiary/aromatic N) is 2. The fourth-order valence-corrected chi connectivity index (χ4v) is 4.14. The molecule has 1 heterocycles. The zero-order valence-corrected chi connectivity index (χ0v) is 19.7. The second-order valence-corrected chi connectivity index (χ2v) is 8.18. The van der Waals surface area contributed by atoms with Crippen molar-refractivity contribution in [2.24, 2.45) is 7.05 Å². The summed E-state index contributed by atoms with van der Waals surface area (Å²) in [6, 6.07) is 22.9. The molecule has 34 heavy (non-hydrogen) atoms. The molecular formula is C27H29N3O4. The van der Waals surface area contributed by atoms with E-state index in [0.717, 1.165) is 33.7 Å². The second-order valence-electron chi connectivity index (χ2n) is 8.18. The van der Waals surface area contributed by atoms with Crippen LogP contribution in [0.5, 0.6) is 11.5 Å². The summed E-state index contributed by atoms with van der Waals surface area (Å²) < 4.78 is 13.8. The van der Waals surface area contributed by atoms with Crippen molar-refractivity contribution in [3.05, 3.63) is 94.4 Å². The maximum Gasteiger partial charge on any atom is 0.328 e. The maximum absolute atomic E-state index is 13.0. The van der Waals surface area contributed by atoms with E-state index in [0.29, 0.717) is 13.0 Å². The molecule has 1 unspecified atom stereocenters. The first-order valence-corrected chi connectivity index (χ1v) is 11.2. The Balaban J connectivity index is 1.51. The molecule has 1 aromatic heterocycles. The number of aromatic nitrogens is 2. The molecule has 0 spiro atoms. The largest absolute Gasteiger partial charge is 0.497 e. The molecule has 7 nitrogen and oxygen atoms in total. The van der Waals surface area contributed by atoms with E-state index in [-0.39, 0.29) is 24.1 Å². The summed E-state index contributed by atoms with van der Waals surface area (Å²) in [6.07, 6.45) is 0.819. The Morgan fingerprint density at radius 1 is 0.882 bits per heavy atom. The van der Waals surface area contributed by atoms with Crippen molar-refractivity contribution in [1.29, 1.82) is 0 Å². The van der Waals surface area contributed by atoms with Gasteiger partial charge in [-0.25, -0.2) is 4.79 Å². The summed E-state index contributed by atoms with van der Waals surface area (Å²) >= 11 is 0. The number of benzene rings is 3. The SMILES string of the molecule is COc1ccc(CC(NC(=O)CCn2c(=O)n(C)c3ccccc32)c2ccc(OC)cc2)cc1. The highest BCUT2D eigenvalue weighted by atomic mass is 16.5. The van der Waals surface area contributed by atoms with Crippen LogP contribution in [0.3, 0.4) is 0 Å². The van der Waals surface area contributed by atoms with Crippen molar-refractivity contribution in [3.8, 4) is 11.5 Å². The van der Waals surface area contributed by atoms with Crippen LogP contribution in [0.25, 0.3) is 11.0 Å². The molecule has 4 aromatic rings. The van der Waals surface area contributed by atoms with Crippen molar-refractivity contribution in [3.63, 3.8) is 0 Å². The Labute approximate surface area is 198 Å². The Morgan fingerprint density at radius 3 is 2.09 bits per heavy atom. The normalized spacial score (nSPS) is 11.9. The number of imidazole rings is 1. The number of ether oxygens (including phenoxy) is 2. The van der Waals surface area contributed by atoms with Gasteiger partial charge in [-0.05, 0) is 53.9 Å². The van der Waals surface area contributed by atoms with E-state index in [9.17, 15) is 9.59 Å². The number of rotatable bonds is 9. The predicted molar refractivity (Wildman–Crippen MR) is 132 cm³/mol. The first-order valence-electron chi connectivity index (χ1n) is 11.2. The monoisotopic (exact) mass is 459 g/mol. The van der Waals surface area contributed by atoms with Crippen molar-refractivity contribution >= 4 is 16.9 Å². The van der Waals surface area contributed by atoms with E-state index in [4.69, 9.17) is 9.47 Å². The van der Waals surface area contributed by atoms with Crippen molar-refractivity contribution in [1.82, 2.24) is 14.5 Å². The molecule has 176 valence electrons. The first kappa shape index (κ1) is 23.2. The minimum atomic E-state index is -0.226. The molecular weight excluding hydrogens is 430 g/mol. The average molecular weight is 460 g/mol. The van der Waals surface area contributed by atoms with Gasteiger partial charge >= 0.3 is 5.69 Å². The molecule has 0 bridgehead atoms. The summed E-state index contributed by atoms with van der Waals surface area (Å²) in [5, 5.41) is 3.16. The summed E-state index contributed by atoms with van der Waals surface area (Å²) in [4.78, 5) is 25.7. The molecule has 0 aliphatic heterocycles. The molecule has 7 heteroatoms. The standard InChI is InChI=1S/C27H29N3O4/c1-29-24-6-4-5-7-25(24)30(27(29)32)17-16-26(31)28-23(20-10-14-22(34-3)15-11-20)18-19-8-12-21(33-2)13-9-19/h4-15,23H,16-18H2,1-3H3,(H,28,31). The summed E-state index contributed by atoms with van der Waals surface area (Å²) in [5.41, 5.74) is 3.61. The van der Waals surface area contributed by atoms with Crippen molar-refractivity contribution in [2.45, 2.75) is 25.4 Å². The van der Waals surface area contributed by atoms with Crippen LogP contribution in [-0.4, -0.2) is 29.3 Å². The Bertz CT molecular complexity index is 1320. The fourth-order valence-electron chi connectivity index (χ4n) is 4.14. The number of hydrogen-bond acceptors (Lipinski definition) is 4. The topological polar surface area (TPSA) is 74.5 Å². The van der Waals surface area contributed by atoms with Crippen LogP contribution in [0, 0.1) is 0 Å². The number of para-hydroxylation sites is 2. The second kappa shape index (κ2) is 10.3. The lowest BCUT2D eigenvalue weighted by atomic mass is 9.98. The van der Waals surface area contributed by atoms with Gasteiger partial charge in [-0.3, -0.25) is 13.9 Å². The van der Waals surface area contributed by atoms with Gasteiger partial charge in [-0.1, -0.05) is 36.4 Å². The van der Waals surface area contributed by atoms with Gasteiger partial charge in [0.05, 0.1) is 31.3 Å². The van der Waals surface area contributed by atoms with Gasteiger partial charge in [0.1, 0.15) is 11.5 Å². The van der Waals surface area contributed by atoms with Gasteiger partial charge in [0.2, 0.25) is 5.91 Å². The molecule has 3 aromatic carbocycles. The predicted octanol–water partition coefficient (Wildman–Crippen LogP) is 3.85. The van der Waals surface area contributed by atoms with E-state index in [2.05, 4.69) is 5.32 Å². The molecule has 0 aliphatic carbocycles. The summed E-state index contributed by atoms with van der Waals surface area (Å²) in [6.45, 7) is 0.309. The molecule has 4 rings (SSSR count). The minimum absolute atomic E-state index is 0.117. The zero-order chi connectivity index (χ0) is 24.1. The number of hydrogen-bond donors (Lipinski definition) is 1. The quantitative estimate of drug-likeness (QED) is 0.413. The highest BCUT2D eigenvalue weighted by Gasteiger charge is 2.17. The van der Waals surface area contributed by atoms with Crippen LogP contribution >= 0.6 is 0 Å². The van der Waals surface area contributed by atoms with E-state index in [1.165, 1.54) is 0 Å². The summed E-state index contributed by atoms with van der Waals surface area (Å²) in [7, 11) is 5.01.